The second-order valence-corrected chi connectivity index (χ2v) is 5.09. The van der Waals surface area contributed by atoms with Crippen LogP contribution in [0.2, 0.25) is 0 Å². The first-order valence-corrected chi connectivity index (χ1v) is 6.85. The molecule has 20 heavy (non-hydrogen) atoms. The van der Waals surface area contributed by atoms with E-state index < -0.39 is 0 Å². The van der Waals surface area contributed by atoms with E-state index in [4.69, 9.17) is 9.47 Å². The Kier molecular flexibility index (Phi) is 4.84. The maximum absolute atomic E-state index is 12.1. The third-order valence-corrected chi connectivity index (χ3v) is 3.65. The van der Waals surface area contributed by atoms with Gasteiger partial charge in [-0.3, -0.25) is 4.79 Å². The monoisotopic (exact) mass is 278 g/mol. The molecule has 1 fully saturated rings. The average Bonchev–Trinajstić information content (AvgIpc) is 2.98. The Bertz CT molecular complexity index is 470. The highest BCUT2D eigenvalue weighted by Crippen LogP contribution is 2.27. The van der Waals surface area contributed by atoms with Crippen LogP contribution in [0.15, 0.2) is 18.2 Å². The van der Waals surface area contributed by atoms with E-state index in [2.05, 4.69) is 5.32 Å². The van der Waals surface area contributed by atoms with Crippen LogP contribution in [-0.2, 0) is 4.79 Å². The fourth-order valence-corrected chi connectivity index (χ4v) is 2.31. The first-order valence-electron chi connectivity index (χ1n) is 6.85. The van der Waals surface area contributed by atoms with Crippen molar-refractivity contribution in [2.75, 3.05) is 33.9 Å². The highest BCUT2D eigenvalue weighted by atomic mass is 16.5. The van der Waals surface area contributed by atoms with Crippen molar-refractivity contribution in [1.29, 1.82) is 0 Å². The molecule has 5 nitrogen and oxygen atoms in total. The van der Waals surface area contributed by atoms with Gasteiger partial charge in [0.25, 0.3) is 5.91 Å². The van der Waals surface area contributed by atoms with Gasteiger partial charge in [-0.25, -0.2) is 0 Å². The minimum atomic E-state index is -0.0127. The molecule has 0 aliphatic carbocycles. The van der Waals surface area contributed by atoms with Gasteiger partial charge in [-0.1, -0.05) is 6.07 Å². The summed E-state index contributed by atoms with van der Waals surface area (Å²) in [6.45, 7) is 3.84. The van der Waals surface area contributed by atoms with Gasteiger partial charge in [-0.15, -0.1) is 0 Å². The van der Waals surface area contributed by atoms with E-state index in [-0.39, 0.29) is 18.6 Å². The first kappa shape index (κ1) is 14.7. The zero-order valence-corrected chi connectivity index (χ0v) is 12.3. The van der Waals surface area contributed by atoms with Crippen molar-refractivity contribution in [3.05, 3.63) is 23.8 Å². The number of nitrogens with one attached hydrogen (secondary N) is 1. The Morgan fingerprint density at radius 3 is 2.90 bits per heavy atom. The van der Waals surface area contributed by atoms with E-state index in [1.54, 1.807) is 12.0 Å². The standard InChI is InChI=1S/C15H22N2O3/c1-11-4-5-13(14(8-11)19-3)20-10-15(18)17(2)12-6-7-16-9-12/h4-5,8,12,16H,6-7,9-10H2,1-3H3/t12-/m0/s1. The predicted octanol–water partition coefficient (Wildman–Crippen LogP) is 1.20. The lowest BCUT2D eigenvalue weighted by Gasteiger charge is -2.24. The second kappa shape index (κ2) is 6.61. The fraction of sp³-hybridized carbons (Fsp3) is 0.533. The van der Waals surface area contributed by atoms with Crippen molar-refractivity contribution in [3.63, 3.8) is 0 Å². The van der Waals surface area contributed by atoms with Crippen LogP contribution in [0, 0.1) is 6.92 Å². The zero-order chi connectivity index (χ0) is 14.5. The van der Waals surface area contributed by atoms with Crippen LogP contribution in [0.4, 0.5) is 0 Å². The Morgan fingerprint density at radius 2 is 2.25 bits per heavy atom. The molecule has 5 heteroatoms. The summed E-state index contributed by atoms with van der Waals surface area (Å²) in [7, 11) is 3.43. The molecule has 1 saturated heterocycles. The van der Waals surface area contributed by atoms with Crippen LogP contribution in [0.3, 0.4) is 0 Å². The summed E-state index contributed by atoms with van der Waals surface area (Å²) in [6, 6.07) is 5.93. The molecule has 1 atom stereocenters. The van der Waals surface area contributed by atoms with Gasteiger partial charge >= 0.3 is 0 Å². The van der Waals surface area contributed by atoms with Crippen molar-refractivity contribution in [1.82, 2.24) is 10.2 Å². The minimum absolute atomic E-state index is 0.0127. The summed E-state index contributed by atoms with van der Waals surface area (Å²) < 4.78 is 10.8. The number of benzene rings is 1. The quantitative estimate of drug-likeness (QED) is 0.879. The van der Waals surface area contributed by atoms with E-state index in [1.165, 1.54) is 0 Å². The van der Waals surface area contributed by atoms with Crippen molar-refractivity contribution in [3.8, 4) is 11.5 Å². The van der Waals surface area contributed by atoms with Gasteiger partial charge < -0.3 is 19.7 Å². The molecule has 1 heterocycles. The van der Waals surface area contributed by atoms with Crippen LogP contribution < -0.4 is 14.8 Å². The summed E-state index contributed by atoms with van der Waals surface area (Å²) in [6.07, 6.45) is 0.996. The van der Waals surface area contributed by atoms with Crippen molar-refractivity contribution < 1.29 is 14.3 Å². The Labute approximate surface area is 119 Å². The molecule has 1 N–H and O–H groups in total. The summed E-state index contributed by atoms with van der Waals surface area (Å²) in [5.41, 5.74) is 1.09. The number of methoxy groups -OCH3 is 1. The van der Waals surface area contributed by atoms with Gasteiger partial charge in [-0.2, -0.15) is 0 Å². The number of ether oxygens (including phenoxy) is 2. The Balaban J connectivity index is 1.92. The summed E-state index contributed by atoms with van der Waals surface area (Å²) in [5, 5.41) is 3.25. The maximum atomic E-state index is 12.1. The van der Waals surface area contributed by atoms with Crippen LogP contribution in [0.5, 0.6) is 11.5 Å². The van der Waals surface area contributed by atoms with Gasteiger partial charge in [0.2, 0.25) is 0 Å². The molecule has 0 unspecified atom stereocenters. The molecule has 0 radical (unpaired) electrons. The summed E-state index contributed by atoms with van der Waals surface area (Å²) in [4.78, 5) is 13.9. The van der Waals surface area contributed by atoms with Crippen LogP contribution >= 0.6 is 0 Å². The number of carbonyl (C=O) groups excluding carboxylic acids is 1. The number of carbonyl (C=O) groups is 1. The van der Waals surface area contributed by atoms with Gasteiger partial charge in [0.1, 0.15) is 0 Å². The lowest BCUT2D eigenvalue weighted by molar-refractivity contribution is -0.133. The highest BCUT2D eigenvalue weighted by Gasteiger charge is 2.23. The molecule has 110 valence electrons. The lowest BCUT2D eigenvalue weighted by atomic mass is 10.2. The number of aryl methyl sites for hydroxylation is 1. The molecule has 0 saturated carbocycles. The molecule has 1 amide bonds. The number of hydrogen-bond donors (Lipinski definition) is 1. The maximum Gasteiger partial charge on any atom is 0.260 e. The topological polar surface area (TPSA) is 50.8 Å². The van der Waals surface area contributed by atoms with Crippen LogP contribution in [0.1, 0.15) is 12.0 Å². The van der Waals surface area contributed by atoms with E-state index in [0.29, 0.717) is 11.5 Å². The van der Waals surface area contributed by atoms with E-state index in [1.807, 2.05) is 32.2 Å². The molecular formula is C15H22N2O3. The molecule has 2 rings (SSSR count). The molecule has 0 bridgehead atoms. The van der Waals surface area contributed by atoms with Gasteiger partial charge in [0.15, 0.2) is 18.1 Å². The number of likely N-dealkylation sites (N-methyl/N-ethyl adjacent to an activating group) is 1. The smallest absolute Gasteiger partial charge is 0.260 e. The van der Waals surface area contributed by atoms with Crippen molar-refractivity contribution in [2.24, 2.45) is 0 Å². The SMILES string of the molecule is COc1cc(C)ccc1OCC(=O)N(C)[C@H]1CCNC1. The van der Waals surface area contributed by atoms with Crippen molar-refractivity contribution >= 4 is 5.91 Å². The number of rotatable bonds is 5. The number of amides is 1. The molecule has 1 aromatic rings. The molecule has 0 aromatic heterocycles. The van der Waals surface area contributed by atoms with Crippen LogP contribution in [0.25, 0.3) is 0 Å². The van der Waals surface area contributed by atoms with Crippen LogP contribution in [-0.4, -0.2) is 50.7 Å². The van der Waals surface area contributed by atoms with Gasteiger partial charge in [-0.05, 0) is 37.6 Å². The third-order valence-electron chi connectivity index (χ3n) is 3.65. The fourth-order valence-electron chi connectivity index (χ4n) is 2.31. The zero-order valence-electron chi connectivity index (χ0n) is 12.3. The Morgan fingerprint density at radius 1 is 1.45 bits per heavy atom. The molecule has 1 aliphatic heterocycles. The lowest BCUT2D eigenvalue weighted by Crippen LogP contribution is -2.40. The number of nitrogens with zero attached hydrogens (tertiary/aromatic N) is 1. The van der Waals surface area contributed by atoms with Gasteiger partial charge in [0.05, 0.1) is 7.11 Å². The largest absolute Gasteiger partial charge is 0.493 e. The average molecular weight is 278 g/mol. The molecule has 1 aromatic carbocycles. The Hall–Kier alpha value is -1.75. The second-order valence-electron chi connectivity index (χ2n) is 5.09. The summed E-state index contributed by atoms with van der Waals surface area (Å²) in [5.74, 6) is 1.24. The van der Waals surface area contributed by atoms with E-state index in [0.717, 1.165) is 25.1 Å². The number of hydrogen-bond acceptors (Lipinski definition) is 4. The molecular weight excluding hydrogens is 256 g/mol. The normalized spacial score (nSPS) is 17.9. The van der Waals surface area contributed by atoms with Gasteiger partial charge in [0, 0.05) is 19.6 Å². The molecule has 0 spiro atoms. The third kappa shape index (κ3) is 3.42. The first-order chi connectivity index (χ1) is 9.61. The van der Waals surface area contributed by atoms with E-state index in [9.17, 15) is 4.79 Å². The van der Waals surface area contributed by atoms with Crippen molar-refractivity contribution in [2.45, 2.75) is 19.4 Å². The molecule has 1 aliphatic rings. The summed E-state index contributed by atoms with van der Waals surface area (Å²) >= 11 is 0. The predicted molar refractivity (Wildman–Crippen MR) is 77.3 cm³/mol. The highest BCUT2D eigenvalue weighted by molar-refractivity contribution is 5.78. The minimum Gasteiger partial charge on any atom is -0.493 e. The van der Waals surface area contributed by atoms with E-state index >= 15 is 0 Å².